The van der Waals surface area contributed by atoms with Crippen LogP contribution in [-0.2, 0) is 20.9 Å². The Bertz CT molecular complexity index is 663. The van der Waals surface area contributed by atoms with Gasteiger partial charge in [0.15, 0.2) is 0 Å². The van der Waals surface area contributed by atoms with Crippen LogP contribution in [0.2, 0.25) is 0 Å². The zero-order valence-electron chi connectivity index (χ0n) is 14.8. The molecule has 0 radical (unpaired) electrons. The molecule has 0 fully saturated rings. The van der Waals surface area contributed by atoms with Crippen LogP contribution >= 0.6 is 0 Å². The van der Waals surface area contributed by atoms with E-state index in [1.54, 1.807) is 50.6 Å². The van der Waals surface area contributed by atoms with E-state index in [1.165, 1.54) is 0 Å². The summed E-state index contributed by atoms with van der Waals surface area (Å²) in [5, 5.41) is 0. The SMILES string of the molecule is COCCN(C(=O)[C@H](C)OCc1cccc(OC)c1)c1ccncc1. The van der Waals surface area contributed by atoms with Crippen LogP contribution in [0.4, 0.5) is 5.69 Å². The van der Waals surface area contributed by atoms with E-state index in [1.807, 2.05) is 24.3 Å². The smallest absolute Gasteiger partial charge is 0.255 e. The summed E-state index contributed by atoms with van der Waals surface area (Å²) in [6.45, 7) is 2.98. The van der Waals surface area contributed by atoms with Gasteiger partial charge in [0.1, 0.15) is 11.9 Å². The van der Waals surface area contributed by atoms with Crippen molar-refractivity contribution < 1.29 is 19.0 Å². The minimum absolute atomic E-state index is 0.119. The number of hydrogen-bond donors (Lipinski definition) is 0. The second-order valence-electron chi connectivity index (χ2n) is 5.49. The highest BCUT2D eigenvalue weighted by Crippen LogP contribution is 2.17. The zero-order valence-corrected chi connectivity index (χ0v) is 14.8. The van der Waals surface area contributed by atoms with Crippen molar-refractivity contribution in [3.8, 4) is 5.75 Å². The number of pyridine rings is 1. The monoisotopic (exact) mass is 344 g/mol. The van der Waals surface area contributed by atoms with Crippen molar-refractivity contribution in [3.63, 3.8) is 0 Å². The second kappa shape index (κ2) is 9.76. The van der Waals surface area contributed by atoms with Crippen LogP contribution in [0.25, 0.3) is 0 Å². The molecule has 0 saturated heterocycles. The Balaban J connectivity index is 2.02. The van der Waals surface area contributed by atoms with E-state index in [4.69, 9.17) is 14.2 Å². The Labute approximate surface area is 148 Å². The number of amides is 1. The van der Waals surface area contributed by atoms with Crippen LogP contribution in [0, 0.1) is 0 Å². The Morgan fingerprint density at radius 1 is 1.20 bits per heavy atom. The summed E-state index contributed by atoms with van der Waals surface area (Å²) in [7, 11) is 3.23. The highest BCUT2D eigenvalue weighted by atomic mass is 16.5. The fraction of sp³-hybridized carbons (Fsp3) is 0.368. The molecular weight excluding hydrogens is 320 g/mol. The van der Waals surface area contributed by atoms with Gasteiger partial charge in [-0.3, -0.25) is 9.78 Å². The van der Waals surface area contributed by atoms with E-state index in [0.717, 1.165) is 17.0 Å². The van der Waals surface area contributed by atoms with E-state index in [9.17, 15) is 4.79 Å². The van der Waals surface area contributed by atoms with Crippen LogP contribution < -0.4 is 9.64 Å². The average Bonchev–Trinajstić information content (AvgIpc) is 2.67. The zero-order chi connectivity index (χ0) is 18.1. The standard InChI is InChI=1S/C19H24N2O4/c1-15(25-14-16-5-4-6-18(13-16)24-3)19(22)21(11-12-23-2)17-7-9-20-10-8-17/h4-10,13,15H,11-12,14H2,1-3H3/t15-/m0/s1. The molecule has 0 N–H and O–H groups in total. The first-order chi connectivity index (χ1) is 12.2. The van der Waals surface area contributed by atoms with E-state index < -0.39 is 6.10 Å². The molecule has 0 unspecified atom stereocenters. The van der Waals surface area contributed by atoms with Crippen LogP contribution in [0.1, 0.15) is 12.5 Å². The molecule has 25 heavy (non-hydrogen) atoms. The molecule has 0 aliphatic rings. The van der Waals surface area contributed by atoms with Gasteiger partial charge in [-0.2, -0.15) is 0 Å². The lowest BCUT2D eigenvalue weighted by Crippen LogP contribution is -2.41. The van der Waals surface area contributed by atoms with E-state index in [0.29, 0.717) is 19.8 Å². The number of ether oxygens (including phenoxy) is 3. The van der Waals surface area contributed by atoms with E-state index >= 15 is 0 Å². The fourth-order valence-corrected chi connectivity index (χ4v) is 2.35. The van der Waals surface area contributed by atoms with Crippen molar-refractivity contribution in [2.75, 3.05) is 32.3 Å². The second-order valence-corrected chi connectivity index (χ2v) is 5.49. The Morgan fingerprint density at radius 2 is 1.96 bits per heavy atom. The third-order valence-corrected chi connectivity index (χ3v) is 3.74. The molecule has 1 amide bonds. The highest BCUT2D eigenvalue weighted by molar-refractivity contribution is 5.96. The van der Waals surface area contributed by atoms with Crippen LogP contribution in [0.5, 0.6) is 5.75 Å². The topological polar surface area (TPSA) is 60.9 Å². The number of anilines is 1. The Kier molecular flexibility index (Phi) is 7.37. The van der Waals surface area contributed by atoms with Gasteiger partial charge in [-0.15, -0.1) is 0 Å². The van der Waals surface area contributed by atoms with Gasteiger partial charge in [0, 0.05) is 31.7 Å². The Hall–Kier alpha value is -2.44. The summed E-state index contributed by atoms with van der Waals surface area (Å²) in [6, 6.07) is 11.2. The molecule has 1 aromatic carbocycles. The predicted molar refractivity (Wildman–Crippen MR) is 95.7 cm³/mol. The first-order valence-electron chi connectivity index (χ1n) is 8.10. The van der Waals surface area contributed by atoms with Gasteiger partial charge >= 0.3 is 0 Å². The summed E-state index contributed by atoms with van der Waals surface area (Å²) >= 11 is 0. The number of rotatable bonds is 9. The number of benzene rings is 1. The molecule has 0 aliphatic carbocycles. The molecule has 2 rings (SSSR count). The molecule has 0 aliphatic heterocycles. The lowest BCUT2D eigenvalue weighted by atomic mass is 10.2. The summed E-state index contributed by atoms with van der Waals surface area (Å²) < 4.78 is 16.1. The van der Waals surface area contributed by atoms with Gasteiger partial charge in [-0.05, 0) is 36.8 Å². The van der Waals surface area contributed by atoms with Gasteiger partial charge in [0.05, 0.1) is 20.3 Å². The van der Waals surface area contributed by atoms with Crippen LogP contribution in [0.3, 0.4) is 0 Å². The third kappa shape index (κ3) is 5.55. The van der Waals surface area contributed by atoms with E-state index in [-0.39, 0.29) is 5.91 Å². The fourth-order valence-electron chi connectivity index (χ4n) is 2.35. The van der Waals surface area contributed by atoms with Crippen molar-refractivity contribution in [2.45, 2.75) is 19.6 Å². The maximum atomic E-state index is 12.8. The average molecular weight is 344 g/mol. The van der Waals surface area contributed by atoms with Gasteiger partial charge in [0.2, 0.25) is 0 Å². The van der Waals surface area contributed by atoms with Crippen molar-refractivity contribution >= 4 is 11.6 Å². The molecule has 0 saturated carbocycles. The quantitative estimate of drug-likeness (QED) is 0.700. The molecule has 2 aromatic rings. The van der Waals surface area contributed by atoms with Gasteiger partial charge in [-0.1, -0.05) is 12.1 Å². The summed E-state index contributed by atoms with van der Waals surface area (Å²) in [5.74, 6) is 0.643. The minimum Gasteiger partial charge on any atom is -0.497 e. The number of carbonyl (C=O) groups excluding carboxylic acids is 1. The van der Waals surface area contributed by atoms with Crippen LogP contribution in [0.15, 0.2) is 48.8 Å². The lowest BCUT2D eigenvalue weighted by Gasteiger charge is -2.25. The van der Waals surface area contributed by atoms with Crippen molar-refractivity contribution in [2.24, 2.45) is 0 Å². The maximum Gasteiger partial charge on any atom is 0.255 e. The van der Waals surface area contributed by atoms with Gasteiger partial charge in [-0.25, -0.2) is 0 Å². The molecule has 0 spiro atoms. The van der Waals surface area contributed by atoms with Crippen molar-refractivity contribution in [1.82, 2.24) is 4.98 Å². The first-order valence-corrected chi connectivity index (χ1v) is 8.10. The number of nitrogens with zero attached hydrogens (tertiary/aromatic N) is 2. The molecule has 1 heterocycles. The molecule has 0 bridgehead atoms. The number of aromatic nitrogens is 1. The van der Waals surface area contributed by atoms with Crippen molar-refractivity contribution in [1.29, 1.82) is 0 Å². The minimum atomic E-state index is -0.587. The van der Waals surface area contributed by atoms with Crippen LogP contribution in [-0.4, -0.2) is 44.4 Å². The highest BCUT2D eigenvalue weighted by Gasteiger charge is 2.22. The molecule has 1 atom stereocenters. The molecular formula is C19H24N2O4. The first kappa shape index (κ1) is 18.9. The third-order valence-electron chi connectivity index (χ3n) is 3.74. The molecule has 6 heteroatoms. The summed E-state index contributed by atoms with van der Waals surface area (Å²) in [6.07, 6.45) is 2.73. The molecule has 6 nitrogen and oxygen atoms in total. The molecule has 134 valence electrons. The largest absolute Gasteiger partial charge is 0.497 e. The number of methoxy groups -OCH3 is 2. The predicted octanol–water partition coefficient (Wildman–Crippen LogP) is 2.67. The van der Waals surface area contributed by atoms with Gasteiger partial charge < -0.3 is 19.1 Å². The molecule has 1 aromatic heterocycles. The lowest BCUT2D eigenvalue weighted by molar-refractivity contribution is -0.129. The van der Waals surface area contributed by atoms with Crippen molar-refractivity contribution in [3.05, 3.63) is 54.4 Å². The summed E-state index contributed by atoms with van der Waals surface area (Å²) in [5.41, 5.74) is 1.72. The normalized spacial score (nSPS) is 11.8. The maximum absolute atomic E-state index is 12.8. The van der Waals surface area contributed by atoms with E-state index in [2.05, 4.69) is 4.98 Å². The number of carbonyl (C=O) groups is 1. The van der Waals surface area contributed by atoms with Gasteiger partial charge in [0.25, 0.3) is 5.91 Å². The Morgan fingerprint density at radius 3 is 2.64 bits per heavy atom. The number of hydrogen-bond acceptors (Lipinski definition) is 5. The summed E-state index contributed by atoms with van der Waals surface area (Å²) in [4.78, 5) is 18.4.